The molecule has 8 heteroatoms. The Morgan fingerprint density at radius 1 is 0.500 bits per heavy atom. The average Bonchev–Trinajstić information content (AvgIpc) is 2.80. The van der Waals surface area contributed by atoms with Crippen molar-refractivity contribution in [1.29, 1.82) is 0 Å². The van der Waals surface area contributed by atoms with Gasteiger partial charge in [-0.15, -0.1) is 0 Å². The smallest absolute Gasteiger partial charge is 0.208 e. The molecule has 4 aromatic carbocycles. The van der Waals surface area contributed by atoms with E-state index < -0.39 is 19.7 Å². The molecule has 2 N–H and O–H groups in total. The molecule has 0 aromatic heterocycles. The molecule has 0 heterocycles. The number of benzene rings is 4. The largest absolute Gasteiger partial charge is 0.508 e. The Morgan fingerprint density at radius 3 is 1.53 bits per heavy atom. The number of hydrogen-bond donors (Lipinski definition) is 2. The fourth-order valence-corrected chi connectivity index (χ4v) is 6.90. The summed E-state index contributed by atoms with van der Waals surface area (Å²) in [5.41, 5.74) is 0.770. The third-order valence-corrected chi connectivity index (χ3v) is 8.73. The molecule has 0 fully saturated rings. The zero-order valence-corrected chi connectivity index (χ0v) is 18.2. The topological polar surface area (TPSA) is 109 Å². The SMILES string of the molecule is O=S(=O)(c1ccc(O)cc1)c1cccc(-c2ccccc2)c1S(=O)(=O)c1ccc(O)cc1. The van der Waals surface area contributed by atoms with Crippen molar-refractivity contribution in [1.82, 2.24) is 0 Å². The van der Waals surface area contributed by atoms with Crippen molar-refractivity contribution in [3.8, 4) is 22.6 Å². The Bertz CT molecular complexity index is 1470. The van der Waals surface area contributed by atoms with Crippen molar-refractivity contribution in [2.24, 2.45) is 0 Å². The molecule has 6 nitrogen and oxygen atoms in total. The van der Waals surface area contributed by atoms with Gasteiger partial charge in [-0.2, -0.15) is 0 Å². The van der Waals surface area contributed by atoms with Gasteiger partial charge >= 0.3 is 0 Å². The number of aromatic hydroxyl groups is 2. The highest BCUT2D eigenvalue weighted by Crippen LogP contribution is 2.38. The second-order valence-electron chi connectivity index (χ2n) is 6.99. The zero-order valence-electron chi connectivity index (χ0n) is 16.6. The molecule has 0 bridgehead atoms. The summed E-state index contributed by atoms with van der Waals surface area (Å²) in [6.45, 7) is 0. The Labute approximate surface area is 185 Å². The van der Waals surface area contributed by atoms with E-state index in [1.165, 1.54) is 60.7 Å². The lowest BCUT2D eigenvalue weighted by atomic mass is 10.1. The second kappa shape index (κ2) is 8.14. The van der Waals surface area contributed by atoms with Crippen LogP contribution < -0.4 is 0 Å². The van der Waals surface area contributed by atoms with Gasteiger partial charge in [-0.05, 0) is 60.2 Å². The van der Waals surface area contributed by atoms with Gasteiger partial charge in [0.15, 0.2) is 0 Å². The minimum Gasteiger partial charge on any atom is -0.508 e. The average molecular weight is 467 g/mol. The van der Waals surface area contributed by atoms with Gasteiger partial charge in [0.1, 0.15) is 11.5 Å². The molecule has 0 aliphatic rings. The van der Waals surface area contributed by atoms with Crippen molar-refractivity contribution < 1.29 is 27.0 Å². The minimum atomic E-state index is -4.30. The zero-order chi connectivity index (χ0) is 22.9. The van der Waals surface area contributed by atoms with Crippen LogP contribution in [0.5, 0.6) is 11.5 Å². The highest BCUT2D eigenvalue weighted by Gasteiger charge is 2.32. The van der Waals surface area contributed by atoms with Crippen molar-refractivity contribution in [3.63, 3.8) is 0 Å². The fourth-order valence-electron chi connectivity index (χ4n) is 3.35. The molecule has 0 aliphatic heterocycles. The van der Waals surface area contributed by atoms with E-state index >= 15 is 0 Å². The molecule has 4 rings (SSSR count). The van der Waals surface area contributed by atoms with E-state index in [-0.39, 0.29) is 36.6 Å². The molecule has 4 aromatic rings. The third kappa shape index (κ3) is 3.86. The van der Waals surface area contributed by atoms with Gasteiger partial charge in [0.2, 0.25) is 19.7 Å². The predicted octanol–water partition coefficient (Wildman–Crippen LogP) is 4.43. The molecule has 0 amide bonds. The molecule has 32 heavy (non-hydrogen) atoms. The molecular formula is C24H18O6S2. The second-order valence-corrected chi connectivity index (χ2v) is 10.8. The molecule has 0 unspecified atom stereocenters. The molecule has 162 valence electrons. The molecular weight excluding hydrogens is 448 g/mol. The maximum Gasteiger partial charge on any atom is 0.208 e. The van der Waals surface area contributed by atoms with Crippen LogP contribution in [-0.2, 0) is 19.7 Å². The summed E-state index contributed by atoms with van der Waals surface area (Å²) >= 11 is 0. The normalized spacial score (nSPS) is 11.9. The molecule has 0 atom stereocenters. The fraction of sp³-hybridized carbons (Fsp3) is 0. The van der Waals surface area contributed by atoms with E-state index in [2.05, 4.69) is 0 Å². The van der Waals surface area contributed by atoms with Gasteiger partial charge in [-0.25, -0.2) is 16.8 Å². The van der Waals surface area contributed by atoms with Gasteiger partial charge in [0.05, 0.1) is 19.6 Å². The van der Waals surface area contributed by atoms with E-state index in [9.17, 15) is 27.0 Å². The monoisotopic (exact) mass is 466 g/mol. The summed E-state index contributed by atoms with van der Waals surface area (Å²) in [6, 6.07) is 22.7. The predicted molar refractivity (Wildman–Crippen MR) is 119 cm³/mol. The molecule has 0 saturated heterocycles. The quantitative estimate of drug-likeness (QED) is 0.450. The van der Waals surface area contributed by atoms with Crippen molar-refractivity contribution >= 4 is 19.7 Å². The summed E-state index contributed by atoms with van der Waals surface area (Å²) < 4.78 is 54.4. The van der Waals surface area contributed by atoms with Crippen LogP contribution in [0.4, 0.5) is 0 Å². The third-order valence-electron chi connectivity index (χ3n) is 4.92. The highest BCUT2D eigenvalue weighted by atomic mass is 32.2. The van der Waals surface area contributed by atoms with Crippen molar-refractivity contribution in [2.75, 3.05) is 0 Å². The first-order valence-corrected chi connectivity index (χ1v) is 12.4. The van der Waals surface area contributed by atoms with Crippen LogP contribution in [0.3, 0.4) is 0 Å². The first-order valence-electron chi connectivity index (χ1n) is 9.48. The summed E-state index contributed by atoms with van der Waals surface area (Å²) in [6.07, 6.45) is 0. The summed E-state index contributed by atoms with van der Waals surface area (Å²) in [5, 5.41) is 19.1. The van der Waals surface area contributed by atoms with Crippen LogP contribution in [0, 0.1) is 0 Å². The van der Waals surface area contributed by atoms with E-state index in [1.807, 2.05) is 0 Å². The molecule has 0 spiro atoms. The van der Waals surface area contributed by atoms with Crippen LogP contribution >= 0.6 is 0 Å². The summed E-state index contributed by atoms with van der Waals surface area (Å²) in [4.78, 5) is -1.04. The Morgan fingerprint density at radius 2 is 1.00 bits per heavy atom. The van der Waals surface area contributed by atoms with Gasteiger partial charge in [0, 0.05) is 5.56 Å². The van der Waals surface area contributed by atoms with Gasteiger partial charge in [-0.1, -0.05) is 42.5 Å². The van der Waals surface area contributed by atoms with E-state index in [1.54, 1.807) is 36.4 Å². The van der Waals surface area contributed by atoms with Gasteiger partial charge in [0.25, 0.3) is 0 Å². The number of sulfone groups is 2. The van der Waals surface area contributed by atoms with Crippen LogP contribution in [0.15, 0.2) is 117 Å². The lowest BCUT2D eigenvalue weighted by Gasteiger charge is -2.16. The molecule has 0 saturated carbocycles. The standard InChI is InChI=1S/C24H18O6S2/c25-18-9-13-20(14-10-18)31(27,28)23-8-4-7-22(17-5-2-1-3-6-17)24(23)32(29,30)21-15-11-19(26)12-16-21/h1-16,25-26H. The highest BCUT2D eigenvalue weighted by molar-refractivity contribution is 7.94. The number of phenolic OH excluding ortho intramolecular Hbond substituents is 2. The first-order chi connectivity index (χ1) is 15.2. The Balaban J connectivity index is 2.06. The minimum absolute atomic E-state index is 0.112. The lowest BCUT2D eigenvalue weighted by molar-refractivity contribution is 0.474. The maximum atomic E-state index is 13.7. The summed E-state index contributed by atoms with van der Waals surface area (Å²) in [5.74, 6) is -0.226. The van der Waals surface area contributed by atoms with Crippen molar-refractivity contribution in [3.05, 3.63) is 97.1 Å². The lowest BCUT2D eigenvalue weighted by Crippen LogP contribution is -2.12. The Kier molecular flexibility index (Phi) is 5.50. The Hall–Kier alpha value is -3.62. The number of phenols is 2. The van der Waals surface area contributed by atoms with E-state index in [4.69, 9.17) is 0 Å². The van der Waals surface area contributed by atoms with Gasteiger partial charge in [-0.3, -0.25) is 0 Å². The summed E-state index contributed by atoms with van der Waals surface area (Å²) in [7, 11) is -8.56. The van der Waals surface area contributed by atoms with Crippen LogP contribution in [0.1, 0.15) is 0 Å². The van der Waals surface area contributed by atoms with E-state index in [0.717, 1.165) is 0 Å². The van der Waals surface area contributed by atoms with E-state index in [0.29, 0.717) is 5.56 Å². The number of hydrogen-bond acceptors (Lipinski definition) is 6. The van der Waals surface area contributed by atoms with Crippen LogP contribution in [0.25, 0.3) is 11.1 Å². The number of rotatable bonds is 5. The molecule has 0 aliphatic carbocycles. The van der Waals surface area contributed by atoms with Crippen LogP contribution in [-0.4, -0.2) is 27.0 Å². The maximum absolute atomic E-state index is 13.7. The van der Waals surface area contributed by atoms with Gasteiger partial charge < -0.3 is 10.2 Å². The van der Waals surface area contributed by atoms with Crippen LogP contribution in [0.2, 0.25) is 0 Å². The first kappa shape index (κ1) is 21.6. The van der Waals surface area contributed by atoms with Crippen molar-refractivity contribution in [2.45, 2.75) is 19.6 Å². The molecule has 0 radical (unpaired) electrons.